The number of nitrogens with zero attached hydrogens (tertiary/aromatic N) is 2. The highest BCUT2D eigenvalue weighted by molar-refractivity contribution is 5.92. The highest BCUT2D eigenvalue weighted by atomic mass is 16.5. The number of aryl methyl sites for hydroxylation is 1. The number of amides is 2. The van der Waals surface area contributed by atoms with Gasteiger partial charge in [0.05, 0.1) is 19.8 Å². The summed E-state index contributed by atoms with van der Waals surface area (Å²) in [6.07, 6.45) is 2.71. The second-order valence-corrected chi connectivity index (χ2v) is 7.44. The zero-order valence-corrected chi connectivity index (χ0v) is 16.5. The van der Waals surface area contributed by atoms with Gasteiger partial charge in [-0.1, -0.05) is 12.1 Å². The lowest BCUT2D eigenvalue weighted by atomic mass is 10.1. The van der Waals surface area contributed by atoms with Crippen LogP contribution in [0.5, 0.6) is 0 Å². The van der Waals surface area contributed by atoms with Crippen LogP contribution in [0.2, 0.25) is 0 Å². The van der Waals surface area contributed by atoms with E-state index in [2.05, 4.69) is 32.8 Å². The molecule has 1 aliphatic carbocycles. The molecule has 2 amide bonds. The van der Waals surface area contributed by atoms with Gasteiger partial charge in [-0.25, -0.2) is 0 Å². The Balaban J connectivity index is 0.000000188. The minimum absolute atomic E-state index is 0.160. The highest BCUT2D eigenvalue weighted by Gasteiger charge is 2.53. The third-order valence-electron chi connectivity index (χ3n) is 5.66. The Kier molecular flexibility index (Phi) is 5.35. The Labute approximate surface area is 168 Å². The van der Waals surface area contributed by atoms with Crippen molar-refractivity contribution >= 4 is 23.2 Å². The van der Waals surface area contributed by atoms with Crippen LogP contribution in [0.15, 0.2) is 36.5 Å². The summed E-state index contributed by atoms with van der Waals surface area (Å²) in [4.78, 5) is 24.7. The zero-order valence-electron chi connectivity index (χ0n) is 16.5. The van der Waals surface area contributed by atoms with Gasteiger partial charge in [0, 0.05) is 47.7 Å². The lowest BCUT2D eigenvalue weighted by molar-refractivity contribution is -0.109. The molecule has 2 unspecified atom stereocenters. The summed E-state index contributed by atoms with van der Waals surface area (Å²) in [6, 6.07) is 10.4. The minimum atomic E-state index is -0.160. The van der Waals surface area contributed by atoms with Crippen molar-refractivity contribution in [3.8, 4) is 0 Å². The molecule has 2 aliphatic rings. The molecule has 1 aliphatic heterocycles. The number of carbonyl (C=O) groups is 2. The Morgan fingerprint density at radius 2 is 2.14 bits per heavy atom. The first-order valence-corrected chi connectivity index (χ1v) is 9.71. The Morgan fingerprint density at radius 3 is 2.86 bits per heavy atom. The Bertz CT molecular complexity index is 1010. The topological polar surface area (TPSA) is 101 Å². The molecule has 2 fully saturated rings. The number of fused-ring (bicyclic) bond motifs is 2. The fourth-order valence-corrected chi connectivity index (χ4v) is 3.92. The summed E-state index contributed by atoms with van der Waals surface area (Å²) in [5, 5.41) is 10.9. The van der Waals surface area contributed by atoms with Crippen molar-refractivity contribution in [1.29, 1.82) is 0 Å². The van der Waals surface area contributed by atoms with Gasteiger partial charge in [-0.2, -0.15) is 5.10 Å². The van der Waals surface area contributed by atoms with Crippen LogP contribution < -0.4 is 10.6 Å². The molecule has 152 valence electrons. The smallest absolute Gasteiger partial charge is 0.271 e. The third-order valence-corrected chi connectivity index (χ3v) is 5.66. The summed E-state index contributed by atoms with van der Waals surface area (Å²) in [5.41, 5.74) is 3.71. The summed E-state index contributed by atoms with van der Waals surface area (Å²) >= 11 is 0. The first-order chi connectivity index (χ1) is 14.1. The minimum Gasteiger partial charge on any atom is -0.381 e. The molecule has 1 aromatic carbocycles. The molecule has 0 bridgehead atoms. The number of hydrogen-bond acceptors (Lipinski definition) is 4. The first-order valence-electron chi connectivity index (χ1n) is 9.71. The number of H-pyrrole nitrogens is 1. The van der Waals surface area contributed by atoms with Gasteiger partial charge in [0.25, 0.3) is 5.91 Å². The Hall–Kier alpha value is -3.13. The molecule has 2 atom stereocenters. The van der Waals surface area contributed by atoms with Gasteiger partial charge in [-0.15, -0.1) is 0 Å². The number of ether oxygens (including phenoxy) is 1. The van der Waals surface area contributed by atoms with E-state index in [1.54, 1.807) is 13.1 Å². The molecule has 5 rings (SSSR count). The molecule has 8 heteroatoms. The van der Waals surface area contributed by atoms with Crippen molar-refractivity contribution in [2.24, 2.45) is 11.8 Å². The molecular weight excluding hydrogens is 370 g/mol. The SMILES string of the molecule is CNC(=O)c1cc(C)n(Cc2cccc3[nH]ccc23)n1.O=CNC1C2COCC21. The maximum atomic E-state index is 11.6. The van der Waals surface area contributed by atoms with E-state index >= 15 is 0 Å². The average Bonchev–Trinajstić information content (AvgIpc) is 3.21. The van der Waals surface area contributed by atoms with E-state index in [0.717, 1.165) is 30.8 Å². The predicted molar refractivity (Wildman–Crippen MR) is 109 cm³/mol. The van der Waals surface area contributed by atoms with Crippen LogP contribution >= 0.6 is 0 Å². The van der Waals surface area contributed by atoms with E-state index in [0.29, 0.717) is 30.1 Å². The van der Waals surface area contributed by atoms with Crippen LogP contribution in [0.3, 0.4) is 0 Å². The number of aromatic nitrogens is 3. The summed E-state index contributed by atoms with van der Waals surface area (Å²) in [6.45, 7) is 4.29. The van der Waals surface area contributed by atoms with E-state index in [1.165, 1.54) is 10.9 Å². The fraction of sp³-hybridized carbons (Fsp3) is 0.381. The van der Waals surface area contributed by atoms with Crippen LogP contribution in [0, 0.1) is 18.8 Å². The lowest BCUT2D eigenvalue weighted by Crippen LogP contribution is -2.20. The number of carbonyl (C=O) groups excluding carboxylic acids is 2. The van der Waals surface area contributed by atoms with Crippen molar-refractivity contribution in [2.45, 2.75) is 19.5 Å². The van der Waals surface area contributed by atoms with Gasteiger partial charge in [0.15, 0.2) is 0 Å². The lowest BCUT2D eigenvalue weighted by Gasteiger charge is -2.06. The van der Waals surface area contributed by atoms with Gasteiger partial charge in [0.2, 0.25) is 6.41 Å². The van der Waals surface area contributed by atoms with Crippen LogP contribution in [-0.4, -0.2) is 53.4 Å². The predicted octanol–water partition coefficient (Wildman–Crippen LogP) is 1.46. The standard InChI is InChI=1S/C15H16N4O.C6H9NO2/c1-10-8-14(15(20)16-2)18-19(10)9-11-4-3-5-13-12(11)6-7-17-13;8-3-7-6-4-1-9-2-5(4)6/h3-8,17H,9H2,1-2H3,(H,16,20);3-6H,1-2H2,(H,7,8). The van der Waals surface area contributed by atoms with E-state index in [9.17, 15) is 9.59 Å². The maximum Gasteiger partial charge on any atom is 0.271 e. The molecule has 8 nitrogen and oxygen atoms in total. The van der Waals surface area contributed by atoms with E-state index in [-0.39, 0.29) is 5.91 Å². The molecule has 1 saturated carbocycles. The maximum absolute atomic E-state index is 11.6. The molecule has 3 N–H and O–H groups in total. The fourth-order valence-electron chi connectivity index (χ4n) is 3.92. The quantitative estimate of drug-likeness (QED) is 0.569. The second-order valence-electron chi connectivity index (χ2n) is 7.44. The van der Waals surface area contributed by atoms with Gasteiger partial charge in [0.1, 0.15) is 5.69 Å². The summed E-state index contributed by atoms with van der Waals surface area (Å²) in [7, 11) is 1.61. The largest absolute Gasteiger partial charge is 0.381 e. The normalized spacial score (nSPS) is 21.8. The molecule has 3 heterocycles. The van der Waals surface area contributed by atoms with Crippen molar-refractivity contribution in [1.82, 2.24) is 25.4 Å². The Morgan fingerprint density at radius 1 is 1.34 bits per heavy atom. The van der Waals surface area contributed by atoms with E-state index in [4.69, 9.17) is 4.74 Å². The zero-order chi connectivity index (χ0) is 20.4. The average molecular weight is 395 g/mol. The van der Waals surface area contributed by atoms with Crippen molar-refractivity contribution in [3.63, 3.8) is 0 Å². The molecule has 2 aromatic heterocycles. The van der Waals surface area contributed by atoms with Crippen LogP contribution in [0.1, 0.15) is 21.7 Å². The van der Waals surface area contributed by atoms with Crippen molar-refractivity contribution in [2.75, 3.05) is 20.3 Å². The van der Waals surface area contributed by atoms with Gasteiger partial charge >= 0.3 is 0 Å². The molecule has 29 heavy (non-hydrogen) atoms. The van der Waals surface area contributed by atoms with Crippen molar-refractivity contribution in [3.05, 3.63) is 53.5 Å². The summed E-state index contributed by atoms with van der Waals surface area (Å²) < 4.78 is 6.98. The third kappa shape index (κ3) is 3.88. The monoisotopic (exact) mass is 395 g/mol. The number of rotatable bonds is 5. The first kappa shape index (κ1) is 19.2. The number of hydrogen-bond donors (Lipinski definition) is 3. The van der Waals surface area contributed by atoms with Gasteiger partial charge < -0.3 is 20.4 Å². The second kappa shape index (κ2) is 8.08. The molecule has 3 aromatic rings. The van der Waals surface area contributed by atoms with Gasteiger partial charge in [-0.05, 0) is 30.7 Å². The van der Waals surface area contributed by atoms with Crippen LogP contribution in [0.4, 0.5) is 0 Å². The highest BCUT2D eigenvalue weighted by Crippen LogP contribution is 2.43. The summed E-state index contributed by atoms with van der Waals surface area (Å²) in [5.74, 6) is 1.11. The van der Waals surface area contributed by atoms with E-state index in [1.807, 2.05) is 29.9 Å². The van der Waals surface area contributed by atoms with Crippen LogP contribution in [0.25, 0.3) is 10.9 Å². The molecule has 1 saturated heterocycles. The molecular formula is C21H25N5O3. The van der Waals surface area contributed by atoms with Gasteiger partial charge in [-0.3, -0.25) is 14.3 Å². The molecule has 0 radical (unpaired) electrons. The number of nitrogens with one attached hydrogen (secondary N) is 3. The molecule has 0 spiro atoms. The van der Waals surface area contributed by atoms with E-state index < -0.39 is 0 Å². The number of benzene rings is 1. The number of aromatic amines is 1. The van der Waals surface area contributed by atoms with Crippen molar-refractivity contribution < 1.29 is 14.3 Å². The van der Waals surface area contributed by atoms with Crippen LogP contribution in [-0.2, 0) is 16.1 Å².